The van der Waals surface area contributed by atoms with E-state index in [1.807, 2.05) is 0 Å². The molecule has 0 atom stereocenters. The average Bonchev–Trinajstić information content (AvgIpc) is 2.71. The first-order valence-electron chi connectivity index (χ1n) is 9.11. The van der Waals surface area contributed by atoms with Crippen molar-refractivity contribution in [2.24, 2.45) is 0 Å². The van der Waals surface area contributed by atoms with Crippen molar-refractivity contribution in [3.8, 4) is 5.75 Å². The predicted octanol–water partition coefficient (Wildman–Crippen LogP) is 5.83. The Kier molecular flexibility index (Phi) is 7.41. The van der Waals surface area contributed by atoms with Gasteiger partial charge in [0.1, 0.15) is 5.75 Å². The van der Waals surface area contributed by atoms with Gasteiger partial charge in [0.2, 0.25) is 0 Å². The van der Waals surface area contributed by atoms with Crippen LogP contribution in [-0.2, 0) is 21.0 Å². The van der Waals surface area contributed by atoms with E-state index in [-0.39, 0.29) is 22.9 Å². The zero-order chi connectivity index (χ0) is 24.2. The largest absolute Gasteiger partial charge is 0.484 e. The molecule has 0 aliphatic carbocycles. The van der Waals surface area contributed by atoms with E-state index in [1.165, 1.54) is 48.5 Å². The number of hydrogen-bond acceptors (Lipinski definition) is 4. The van der Waals surface area contributed by atoms with E-state index >= 15 is 0 Å². The summed E-state index contributed by atoms with van der Waals surface area (Å²) in [6.45, 7) is -0.376. The summed E-state index contributed by atoms with van der Waals surface area (Å²) in [6.07, 6.45) is -4.61. The van der Waals surface area contributed by atoms with Gasteiger partial charge in [0.05, 0.1) is 10.5 Å². The smallest absolute Gasteiger partial charge is 0.416 e. The topological polar surface area (TPSA) is 84.5 Å². The molecule has 0 bridgehead atoms. The van der Waals surface area contributed by atoms with Crippen LogP contribution in [0.15, 0.2) is 71.6 Å². The van der Waals surface area contributed by atoms with Crippen LogP contribution in [0.4, 0.5) is 24.5 Å². The minimum Gasteiger partial charge on any atom is -0.484 e. The molecule has 6 nitrogen and oxygen atoms in total. The molecule has 3 aromatic rings. The van der Waals surface area contributed by atoms with Crippen molar-refractivity contribution in [1.29, 1.82) is 0 Å². The lowest BCUT2D eigenvalue weighted by atomic mass is 10.2. The Labute approximate surface area is 197 Å². The van der Waals surface area contributed by atoms with Gasteiger partial charge in [-0.25, -0.2) is 8.42 Å². The molecule has 2 N–H and O–H groups in total. The van der Waals surface area contributed by atoms with Gasteiger partial charge in [0.25, 0.3) is 15.9 Å². The molecule has 0 radical (unpaired) electrons. The number of ether oxygens (including phenoxy) is 1. The molecular formula is C21H15Cl2F3N2O4S. The van der Waals surface area contributed by atoms with E-state index in [0.29, 0.717) is 21.8 Å². The summed E-state index contributed by atoms with van der Waals surface area (Å²) in [6, 6.07) is 13.4. The summed E-state index contributed by atoms with van der Waals surface area (Å²) in [5.74, 6) is -0.302. The van der Waals surface area contributed by atoms with Gasteiger partial charge < -0.3 is 10.1 Å². The van der Waals surface area contributed by atoms with E-state index in [1.54, 1.807) is 0 Å². The summed E-state index contributed by atoms with van der Waals surface area (Å²) in [4.78, 5) is 11.8. The summed E-state index contributed by atoms with van der Waals surface area (Å²) >= 11 is 11.7. The highest BCUT2D eigenvalue weighted by molar-refractivity contribution is 7.92. The molecule has 0 fully saturated rings. The molecular weight excluding hydrogens is 504 g/mol. The lowest BCUT2D eigenvalue weighted by Crippen LogP contribution is -2.20. The van der Waals surface area contributed by atoms with Crippen molar-refractivity contribution in [2.45, 2.75) is 11.1 Å². The van der Waals surface area contributed by atoms with Crippen LogP contribution in [-0.4, -0.2) is 20.9 Å². The highest BCUT2D eigenvalue weighted by atomic mass is 35.5. The molecule has 33 heavy (non-hydrogen) atoms. The van der Waals surface area contributed by atoms with E-state index in [0.717, 1.165) is 12.1 Å². The fraction of sp³-hybridized carbons (Fsp3) is 0.0952. The molecule has 0 saturated heterocycles. The maximum absolute atomic E-state index is 12.8. The highest BCUT2D eigenvalue weighted by Gasteiger charge is 2.30. The van der Waals surface area contributed by atoms with Gasteiger partial charge in [-0.05, 0) is 60.7 Å². The van der Waals surface area contributed by atoms with Gasteiger partial charge in [-0.2, -0.15) is 13.2 Å². The molecule has 0 aromatic heterocycles. The molecule has 0 aliphatic heterocycles. The van der Waals surface area contributed by atoms with Crippen molar-refractivity contribution in [3.63, 3.8) is 0 Å². The number of anilines is 2. The summed E-state index contributed by atoms with van der Waals surface area (Å²) in [5, 5.41) is 3.24. The fourth-order valence-corrected chi connectivity index (χ4v) is 4.24. The fourth-order valence-electron chi connectivity index (χ4n) is 2.66. The number of carbonyl (C=O) groups excluding carboxylic acids is 1. The van der Waals surface area contributed by atoms with Gasteiger partial charge >= 0.3 is 6.18 Å². The maximum Gasteiger partial charge on any atom is 0.416 e. The van der Waals surface area contributed by atoms with Gasteiger partial charge in [-0.15, -0.1) is 0 Å². The second-order valence-corrected chi connectivity index (χ2v) is 9.21. The zero-order valence-corrected chi connectivity index (χ0v) is 18.8. The zero-order valence-electron chi connectivity index (χ0n) is 16.5. The first-order chi connectivity index (χ1) is 15.4. The van der Waals surface area contributed by atoms with Crippen LogP contribution in [0.1, 0.15) is 5.56 Å². The van der Waals surface area contributed by atoms with Crippen LogP contribution in [0.2, 0.25) is 10.0 Å². The van der Waals surface area contributed by atoms with E-state index < -0.39 is 27.7 Å². The summed E-state index contributed by atoms with van der Waals surface area (Å²) < 4.78 is 70.8. The molecule has 3 rings (SSSR count). The molecule has 174 valence electrons. The molecule has 12 heteroatoms. The van der Waals surface area contributed by atoms with Crippen LogP contribution < -0.4 is 14.8 Å². The van der Waals surface area contributed by atoms with Crippen LogP contribution in [0.3, 0.4) is 0 Å². The lowest BCUT2D eigenvalue weighted by molar-refractivity contribution is -0.137. The second-order valence-electron chi connectivity index (χ2n) is 6.65. The number of nitrogens with one attached hydrogen (secondary N) is 2. The number of sulfonamides is 1. The average molecular weight is 519 g/mol. The Hall–Kier alpha value is -2.95. The van der Waals surface area contributed by atoms with Crippen molar-refractivity contribution >= 4 is 50.5 Å². The third-order valence-corrected chi connectivity index (χ3v) is 5.93. The van der Waals surface area contributed by atoms with Crippen molar-refractivity contribution in [2.75, 3.05) is 16.6 Å². The monoisotopic (exact) mass is 518 g/mol. The number of halogens is 5. The minimum atomic E-state index is -4.61. The number of amides is 1. The first kappa shape index (κ1) is 24.7. The molecule has 3 aromatic carbocycles. The molecule has 0 heterocycles. The first-order valence-corrected chi connectivity index (χ1v) is 11.4. The quantitative estimate of drug-likeness (QED) is 0.412. The Morgan fingerprint density at radius 2 is 1.55 bits per heavy atom. The summed E-state index contributed by atoms with van der Waals surface area (Å²) in [5.41, 5.74) is -0.837. The van der Waals surface area contributed by atoms with E-state index in [4.69, 9.17) is 27.9 Å². The lowest BCUT2D eigenvalue weighted by Gasteiger charge is -2.12. The van der Waals surface area contributed by atoms with Crippen molar-refractivity contribution in [3.05, 3.63) is 82.3 Å². The second kappa shape index (κ2) is 9.90. The number of alkyl halides is 3. The predicted molar refractivity (Wildman–Crippen MR) is 119 cm³/mol. The molecule has 1 amide bonds. The van der Waals surface area contributed by atoms with Gasteiger partial charge in [-0.3, -0.25) is 9.52 Å². The maximum atomic E-state index is 12.8. The van der Waals surface area contributed by atoms with Crippen molar-refractivity contribution < 1.29 is 31.1 Å². The molecule has 0 saturated carbocycles. The third kappa shape index (κ3) is 7.01. The van der Waals surface area contributed by atoms with Crippen LogP contribution in [0.5, 0.6) is 5.75 Å². The SMILES string of the molecule is O=C(COc1ccc(S(=O)(=O)Nc2cccc(C(F)(F)F)c2)cc1)Nc1cc(Cl)cc(Cl)c1. The standard InChI is InChI=1S/C21H15Cl2F3N2O4S/c22-14-9-15(23)11-17(10-14)27-20(29)12-32-18-4-6-19(7-5-18)33(30,31)28-16-3-1-2-13(8-16)21(24,25)26/h1-11,28H,12H2,(H,27,29). The highest BCUT2D eigenvalue weighted by Crippen LogP contribution is 2.31. The Balaban J connectivity index is 1.61. The Morgan fingerprint density at radius 3 is 2.15 bits per heavy atom. The summed E-state index contributed by atoms with van der Waals surface area (Å²) in [7, 11) is -4.15. The number of benzene rings is 3. The molecule has 0 unspecified atom stereocenters. The third-order valence-electron chi connectivity index (χ3n) is 4.09. The molecule has 0 spiro atoms. The van der Waals surface area contributed by atoms with Crippen LogP contribution in [0, 0.1) is 0 Å². The Morgan fingerprint density at radius 1 is 0.909 bits per heavy atom. The van der Waals surface area contributed by atoms with E-state index in [2.05, 4.69) is 10.0 Å². The van der Waals surface area contributed by atoms with Crippen LogP contribution in [0.25, 0.3) is 0 Å². The minimum absolute atomic E-state index is 0.201. The van der Waals surface area contributed by atoms with Crippen LogP contribution >= 0.6 is 23.2 Å². The van der Waals surface area contributed by atoms with Gasteiger partial charge in [-0.1, -0.05) is 29.3 Å². The van der Waals surface area contributed by atoms with Crippen molar-refractivity contribution in [1.82, 2.24) is 0 Å². The Bertz CT molecular complexity index is 1250. The van der Waals surface area contributed by atoms with Gasteiger partial charge in [0, 0.05) is 21.4 Å². The van der Waals surface area contributed by atoms with Gasteiger partial charge in [0.15, 0.2) is 6.61 Å². The number of hydrogen-bond donors (Lipinski definition) is 2. The van der Waals surface area contributed by atoms with E-state index in [9.17, 15) is 26.4 Å². The normalized spacial score (nSPS) is 11.7. The molecule has 0 aliphatic rings. The number of rotatable bonds is 7. The number of carbonyl (C=O) groups is 1.